The molecule has 6 heteroatoms. The molecule has 0 amide bonds. The number of rotatable bonds is 4. The van der Waals surface area contributed by atoms with Crippen LogP contribution in [0, 0.1) is 5.41 Å². The molecule has 3 aliphatic rings. The van der Waals surface area contributed by atoms with Gasteiger partial charge < -0.3 is 8.92 Å². The number of fused-ring (bicyclic) bond motifs is 4. The van der Waals surface area contributed by atoms with Gasteiger partial charge in [0.15, 0.2) is 0 Å². The van der Waals surface area contributed by atoms with Crippen LogP contribution in [0.5, 0.6) is 0 Å². The van der Waals surface area contributed by atoms with Gasteiger partial charge in [-0.3, -0.25) is 4.98 Å². The van der Waals surface area contributed by atoms with Crippen LogP contribution in [-0.4, -0.2) is 32.2 Å². The van der Waals surface area contributed by atoms with E-state index in [4.69, 9.17) is 23.9 Å². The monoisotopic (exact) mass is 567 g/mol. The molecule has 1 spiro atoms. The third-order valence-corrected chi connectivity index (χ3v) is 13.2. The Morgan fingerprint density at radius 2 is 1.57 bits per heavy atom. The second-order valence-corrected chi connectivity index (χ2v) is 19.9. The van der Waals surface area contributed by atoms with E-state index in [0.29, 0.717) is 0 Å². The average Bonchev–Trinajstić information content (AvgIpc) is 3.41. The zero-order chi connectivity index (χ0) is 29.5. The summed E-state index contributed by atoms with van der Waals surface area (Å²) in [5.41, 5.74) is 7.23. The Kier molecular flexibility index (Phi) is 7.32. The first-order valence-corrected chi connectivity index (χ1v) is 17.7. The van der Waals surface area contributed by atoms with Crippen LogP contribution >= 0.6 is 10.3 Å². The molecule has 1 fully saturated rings. The van der Waals surface area contributed by atoms with Gasteiger partial charge in [-0.25, -0.2) is 9.97 Å². The van der Waals surface area contributed by atoms with Crippen LogP contribution in [0.2, 0.25) is 0 Å². The first kappa shape index (κ1) is 30.0. The molecular weight excluding hydrogens is 514 g/mol. The van der Waals surface area contributed by atoms with Crippen molar-refractivity contribution in [2.75, 3.05) is 12.5 Å². The summed E-state index contributed by atoms with van der Waals surface area (Å²) in [4.78, 5) is 15.2. The highest BCUT2D eigenvalue weighted by atomic mass is 32.3. The van der Waals surface area contributed by atoms with Crippen LogP contribution in [0.3, 0.4) is 0 Å². The van der Waals surface area contributed by atoms with Gasteiger partial charge in [0.05, 0.1) is 11.7 Å². The Balaban J connectivity index is 1.75. The highest BCUT2D eigenvalue weighted by Crippen LogP contribution is 2.63. The molecule has 0 aromatic carbocycles. The summed E-state index contributed by atoms with van der Waals surface area (Å²) in [6.45, 7) is 22.8. The summed E-state index contributed by atoms with van der Waals surface area (Å²) in [6, 6.07) is 0. The lowest BCUT2D eigenvalue weighted by molar-refractivity contribution is -0.0580. The zero-order valence-corrected chi connectivity index (χ0v) is 28.0. The maximum Gasteiger partial charge on any atom is 0.133 e. The molecule has 0 saturated heterocycles. The van der Waals surface area contributed by atoms with Gasteiger partial charge in [0, 0.05) is 50.6 Å². The van der Waals surface area contributed by atoms with E-state index in [9.17, 15) is 0 Å². The van der Waals surface area contributed by atoms with Crippen LogP contribution in [-0.2, 0) is 26.4 Å². The summed E-state index contributed by atoms with van der Waals surface area (Å²) in [5.74, 6) is 1.15. The van der Waals surface area contributed by atoms with Crippen molar-refractivity contribution in [3.63, 3.8) is 0 Å². The molecule has 2 atom stereocenters. The van der Waals surface area contributed by atoms with Crippen molar-refractivity contribution in [3.05, 3.63) is 51.9 Å². The number of pyridine rings is 1. The van der Waals surface area contributed by atoms with E-state index in [-0.39, 0.29) is 39.3 Å². The molecule has 5 rings (SSSR count). The molecule has 5 nitrogen and oxygen atoms in total. The van der Waals surface area contributed by atoms with Crippen LogP contribution in [0.15, 0.2) is 12.4 Å². The standard InChI is InChI=1S/C34H53N3O2S/c1-21(2)28-26-27(25-23(37-28)17-33(9,10)18-24(25)39-40(11,12)32(6,7)8)34(15-13-14-16-34)38-29(26)22-19-35-30(36-20-22)31(3,4)5/h19-21,24,29H,13-18H2,1-12H3. The van der Waals surface area contributed by atoms with Gasteiger partial charge in [-0.2, -0.15) is 0 Å². The number of ether oxygens (including phenoxy) is 1. The minimum absolute atomic E-state index is 0.0183. The summed E-state index contributed by atoms with van der Waals surface area (Å²) >= 11 is 0. The normalized spacial score (nSPS) is 24.4. The van der Waals surface area contributed by atoms with Gasteiger partial charge >= 0.3 is 0 Å². The number of aromatic nitrogens is 3. The lowest BCUT2D eigenvalue weighted by atomic mass is 9.70. The van der Waals surface area contributed by atoms with Crippen molar-refractivity contribution in [3.8, 4) is 0 Å². The first-order chi connectivity index (χ1) is 18.4. The van der Waals surface area contributed by atoms with E-state index >= 15 is 0 Å². The highest BCUT2D eigenvalue weighted by molar-refractivity contribution is 8.29. The highest BCUT2D eigenvalue weighted by Gasteiger charge is 2.53. The Morgan fingerprint density at radius 1 is 0.975 bits per heavy atom. The van der Waals surface area contributed by atoms with Gasteiger partial charge in [0.2, 0.25) is 0 Å². The van der Waals surface area contributed by atoms with Crippen LogP contribution < -0.4 is 0 Å². The van der Waals surface area contributed by atoms with Crippen LogP contribution in [0.1, 0.15) is 159 Å². The van der Waals surface area contributed by atoms with Crippen molar-refractivity contribution >= 4 is 10.3 Å². The molecule has 2 aromatic rings. The zero-order valence-electron chi connectivity index (χ0n) is 27.2. The van der Waals surface area contributed by atoms with Gasteiger partial charge in [-0.05, 0) is 55.1 Å². The summed E-state index contributed by atoms with van der Waals surface area (Å²) in [7, 11) is -1.34. The van der Waals surface area contributed by atoms with E-state index in [2.05, 4.69) is 81.7 Å². The number of hydrogen-bond acceptors (Lipinski definition) is 5. The lowest BCUT2D eigenvalue weighted by Gasteiger charge is -2.49. The minimum atomic E-state index is -1.34. The number of nitrogens with zero attached hydrogens (tertiary/aromatic N) is 3. The van der Waals surface area contributed by atoms with Gasteiger partial charge in [-0.1, -0.05) is 82.1 Å². The Labute approximate surface area is 245 Å². The second kappa shape index (κ2) is 9.77. The third kappa shape index (κ3) is 5.15. The van der Waals surface area contributed by atoms with E-state index in [1.165, 1.54) is 40.9 Å². The Bertz CT molecular complexity index is 1260. The predicted molar refractivity (Wildman–Crippen MR) is 167 cm³/mol. The van der Waals surface area contributed by atoms with Crippen molar-refractivity contribution in [1.82, 2.24) is 15.0 Å². The van der Waals surface area contributed by atoms with E-state index < -0.39 is 10.3 Å². The van der Waals surface area contributed by atoms with Crippen molar-refractivity contribution in [1.29, 1.82) is 0 Å². The molecule has 3 heterocycles. The largest absolute Gasteiger partial charge is 0.357 e. The summed E-state index contributed by atoms with van der Waals surface area (Å²) in [6.07, 6.45) is 15.0. The fourth-order valence-corrected chi connectivity index (χ4v) is 7.79. The van der Waals surface area contributed by atoms with Crippen LogP contribution in [0.4, 0.5) is 0 Å². The predicted octanol–water partition coefficient (Wildman–Crippen LogP) is 8.99. The van der Waals surface area contributed by atoms with Gasteiger partial charge in [-0.15, -0.1) is 10.3 Å². The lowest BCUT2D eigenvalue weighted by Crippen LogP contribution is -2.35. The maximum absolute atomic E-state index is 7.29. The summed E-state index contributed by atoms with van der Waals surface area (Å²) in [5, 5.41) is 0. The van der Waals surface area contributed by atoms with E-state index in [1.54, 1.807) is 0 Å². The minimum Gasteiger partial charge on any atom is -0.357 e. The third-order valence-electron chi connectivity index (χ3n) is 9.58. The smallest absolute Gasteiger partial charge is 0.133 e. The fourth-order valence-electron chi connectivity index (χ4n) is 6.76. The Hall–Kier alpha value is -1.50. The summed E-state index contributed by atoms with van der Waals surface area (Å²) < 4.78 is 14.7. The average molecular weight is 568 g/mol. The fraction of sp³-hybridized carbons (Fsp3) is 0.735. The molecule has 0 radical (unpaired) electrons. The number of hydrogen-bond donors (Lipinski definition) is 0. The van der Waals surface area contributed by atoms with Gasteiger partial charge in [0.25, 0.3) is 0 Å². The van der Waals surface area contributed by atoms with E-state index in [0.717, 1.165) is 37.1 Å². The molecule has 1 aliphatic heterocycles. The van der Waals surface area contributed by atoms with E-state index in [1.807, 2.05) is 12.4 Å². The Morgan fingerprint density at radius 3 is 2.10 bits per heavy atom. The molecule has 2 aliphatic carbocycles. The van der Waals surface area contributed by atoms with Crippen molar-refractivity contribution in [2.45, 2.75) is 142 Å². The molecule has 40 heavy (non-hydrogen) atoms. The molecular formula is C34H53N3O2S. The quantitative estimate of drug-likeness (QED) is 0.369. The van der Waals surface area contributed by atoms with Crippen LogP contribution in [0.25, 0.3) is 0 Å². The second-order valence-electron chi connectivity index (χ2n) is 16.1. The molecule has 1 saturated carbocycles. The molecule has 222 valence electrons. The van der Waals surface area contributed by atoms with Gasteiger partial charge in [0.1, 0.15) is 11.9 Å². The van der Waals surface area contributed by atoms with Crippen molar-refractivity contribution in [2.24, 2.45) is 5.41 Å². The van der Waals surface area contributed by atoms with Crippen molar-refractivity contribution < 1.29 is 8.92 Å². The maximum atomic E-state index is 7.29. The molecule has 2 aromatic heterocycles. The first-order valence-electron chi connectivity index (χ1n) is 15.3. The molecule has 2 unspecified atom stereocenters. The molecule has 0 bridgehead atoms. The topological polar surface area (TPSA) is 57.1 Å². The SMILES string of the molecule is CC(C)c1nc2c(c3c1C(c1cnc(C(C)(C)C)nc1)OC31CCCC1)C(OS(C)(C)C(C)(C)C)CC(C)(C)C2. The molecule has 0 N–H and O–H groups in total.